The van der Waals surface area contributed by atoms with Crippen LogP contribution in [0.1, 0.15) is 31.2 Å². The third kappa shape index (κ3) is 5.33. The molecule has 4 nitrogen and oxygen atoms in total. The van der Waals surface area contributed by atoms with Crippen LogP contribution in [0.2, 0.25) is 0 Å². The van der Waals surface area contributed by atoms with E-state index in [0.717, 1.165) is 18.4 Å². The predicted molar refractivity (Wildman–Crippen MR) is 70.2 cm³/mol. The molecule has 0 spiro atoms. The lowest BCUT2D eigenvalue weighted by Gasteiger charge is -2.04. The molecule has 1 aliphatic carbocycles. The molecule has 0 atom stereocenters. The van der Waals surface area contributed by atoms with Crippen molar-refractivity contribution in [1.82, 2.24) is 0 Å². The lowest BCUT2D eigenvalue weighted by molar-refractivity contribution is 0.368. The van der Waals surface area contributed by atoms with Crippen LogP contribution in [-0.4, -0.2) is 18.1 Å². The molecule has 0 unspecified atom stereocenters. The summed E-state index contributed by atoms with van der Waals surface area (Å²) in [6.07, 6.45) is 6.31. The molecule has 0 saturated heterocycles. The maximum Gasteiger partial charge on any atom is 0.294 e. The first-order valence-corrected chi connectivity index (χ1v) is 7.26. The minimum Gasteiger partial charge on any atom is -0.513 e. The highest BCUT2D eigenvalue weighted by Gasteiger charge is 2.06. The van der Waals surface area contributed by atoms with E-state index < -0.39 is 10.1 Å². The molecule has 18 heavy (non-hydrogen) atoms. The second-order valence-corrected chi connectivity index (χ2v) is 5.65. The summed E-state index contributed by atoms with van der Waals surface area (Å²) in [6.45, 7) is 1.84. The van der Waals surface area contributed by atoms with E-state index in [2.05, 4.69) is 0 Å². The normalized spacial score (nSPS) is 15.3. The Balaban J connectivity index is 0.000000199. The average molecular weight is 270 g/mol. The Morgan fingerprint density at radius 1 is 1.11 bits per heavy atom. The Bertz CT molecular complexity index is 500. The first-order chi connectivity index (χ1) is 8.39. The van der Waals surface area contributed by atoms with Gasteiger partial charge in [0.05, 0.1) is 10.7 Å². The number of rotatable bonds is 1. The molecular formula is C13H18O4S. The summed E-state index contributed by atoms with van der Waals surface area (Å²) in [6, 6.07) is 5.99. The quantitative estimate of drug-likeness (QED) is 0.768. The molecule has 100 valence electrons. The van der Waals surface area contributed by atoms with Crippen LogP contribution >= 0.6 is 0 Å². The zero-order chi connectivity index (χ0) is 13.6. The summed E-state index contributed by atoms with van der Waals surface area (Å²) in [5.74, 6) is 0.589. The van der Waals surface area contributed by atoms with Crippen LogP contribution in [0.4, 0.5) is 0 Å². The highest BCUT2D eigenvalue weighted by molar-refractivity contribution is 7.85. The maximum atomic E-state index is 10.5. The zero-order valence-electron chi connectivity index (χ0n) is 10.3. The van der Waals surface area contributed by atoms with Crippen LogP contribution in [0.25, 0.3) is 0 Å². The topological polar surface area (TPSA) is 74.6 Å². The third-order valence-corrected chi connectivity index (χ3v) is 3.45. The lowest BCUT2D eigenvalue weighted by atomic mass is 10.1. The third-order valence-electron chi connectivity index (χ3n) is 2.59. The summed E-state index contributed by atoms with van der Waals surface area (Å²) in [5.41, 5.74) is 0.956. The van der Waals surface area contributed by atoms with Crippen molar-refractivity contribution in [3.63, 3.8) is 0 Å². The predicted octanol–water partition coefficient (Wildman–Crippen LogP) is 3.24. The van der Waals surface area contributed by atoms with Gasteiger partial charge in [-0.15, -0.1) is 0 Å². The molecule has 0 heterocycles. The van der Waals surface area contributed by atoms with Gasteiger partial charge in [-0.2, -0.15) is 8.42 Å². The molecule has 1 aromatic carbocycles. The number of aliphatic hydroxyl groups excluding tert-OH is 1. The number of aryl methyl sites for hydroxylation is 1. The average Bonchev–Trinajstić information content (AvgIpc) is 2.30. The molecule has 0 aromatic heterocycles. The van der Waals surface area contributed by atoms with Gasteiger partial charge in [-0.05, 0) is 44.4 Å². The molecular weight excluding hydrogens is 252 g/mol. The van der Waals surface area contributed by atoms with Gasteiger partial charge in [0.1, 0.15) is 0 Å². The van der Waals surface area contributed by atoms with E-state index in [9.17, 15) is 8.42 Å². The molecule has 1 aliphatic rings. The SMILES string of the molecule is Cc1ccc(S(=O)(=O)O)cc1.OC1=CCCCC1. The van der Waals surface area contributed by atoms with Crippen molar-refractivity contribution >= 4 is 10.1 Å². The van der Waals surface area contributed by atoms with E-state index in [1.165, 1.54) is 25.0 Å². The summed E-state index contributed by atoms with van der Waals surface area (Å²) < 4.78 is 29.6. The van der Waals surface area contributed by atoms with Crippen molar-refractivity contribution in [1.29, 1.82) is 0 Å². The molecule has 1 aromatic rings. The maximum absolute atomic E-state index is 10.5. The Morgan fingerprint density at radius 3 is 2.06 bits per heavy atom. The van der Waals surface area contributed by atoms with Gasteiger partial charge in [-0.1, -0.05) is 17.7 Å². The van der Waals surface area contributed by atoms with Crippen LogP contribution in [0.5, 0.6) is 0 Å². The number of aliphatic hydroxyl groups is 1. The Morgan fingerprint density at radius 2 is 1.72 bits per heavy atom. The second kappa shape index (κ2) is 6.56. The number of allylic oxidation sites excluding steroid dienone is 2. The van der Waals surface area contributed by atoms with Crippen molar-refractivity contribution in [2.75, 3.05) is 0 Å². The molecule has 0 bridgehead atoms. The van der Waals surface area contributed by atoms with Crippen LogP contribution in [0, 0.1) is 6.92 Å². The summed E-state index contributed by atoms with van der Waals surface area (Å²) in [7, 11) is -4.02. The van der Waals surface area contributed by atoms with E-state index in [0.29, 0.717) is 5.76 Å². The largest absolute Gasteiger partial charge is 0.513 e. The van der Waals surface area contributed by atoms with Crippen molar-refractivity contribution < 1.29 is 18.1 Å². The number of benzene rings is 1. The van der Waals surface area contributed by atoms with E-state index in [1.54, 1.807) is 12.1 Å². The van der Waals surface area contributed by atoms with Crippen LogP contribution in [0.15, 0.2) is 41.0 Å². The zero-order valence-corrected chi connectivity index (χ0v) is 11.2. The fourth-order valence-electron chi connectivity index (χ4n) is 1.53. The van der Waals surface area contributed by atoms with Crippen molar-refractivity contribution in [3.05, 3.63) is 41.7 Å². The molecule has 0 radical (unpaired) electrons. The van der Waals surface area contributed by atoms with Gasteiger partial charge in [0, 0.05) is 6.42 Å². The Kier molecular flexibility index (Phi) is 5.37. The molecule has 2 rings (SSSR count). The van der Waals surface area contributed by atoms with Gasteiger partial charge in [0.15, 0.2) is 0 Å². The van der Waals surface area contributed by atoms with Crippen molar-refractivity contribution in [3.8, 4) is 0 Å². The molecule has 0 aliphatic heterocycles. The van der Waals surface area contributed by atoms with Gasteiger partial charge in [0.2, 0.25) is 0 Å². The molecule has 0 saturated carbocycles. The second-order valence-electron chi connectivity index (χ2n) is 4.23. The summed E-state index contributed by atoms with van der Waals surface area (Å²) in [4.78, 5) is -0.0666. The summed E-state index contributed by atoms with van der Waals surface area (Å²) >= 11 is 0. The van der Waals surface area contributed by atoms with E-state index in [4.69, 9.17) is 9.66 Å². The van der Waals surface area contributed by atoms with Gasteiger partial charge >= 0.3 is 0 Å². The first-order valence-electron chi connectivity index (χ1n) is 5.82. The van der Waals surface area contributed by atoms with Crippen molar-refractivity contribution in [2.24, 2.45) is 0 Å². The standard InChI is InChI=1S/C7H8O3S.C6H10O/c1-6-2-4-7(5-3-6)11(8,9)10;7-6-4-2-1-3-5-6/h2-5H,1H3,(H,8,9,10);4,7H,1-3,5H2. The van der Waals surface area contributed by atoms with Crippen LogP contribution in [0.3, 0.4) is 0 Å². The Hall–Kier alpha value is -1.33. The fraction of sp³-hybridized carbons (Fsp3) is 0.385. The molecule has 0 amide bonds. The fourth-order valence-corrected chi connectivity index (χ4v) is 2.01. The lowest BCUT2D eigenvalue weighted by Crippen LogP contribution is -1.96. The van der Waals surface area contributed by atoms with E-state index >= 15 is 0 Å². The Labute approximate surface area is 108 Å². The van der Waals surface area contributed by atoms with Gasteiger partial charge in [-0.3, -0.25) is 4.55 Å². The smallest absolute Gasteiger partial charge is 0.294 e. The van der Waals surface area contributed by atoms with Crippen molar-refractivity contribution in [2.45, 2.75) is 37.5 Å². The summed E-state index contributed by atoms with van der Waals surface area (Å²) in [5, 5.41) is 8.77. The van der Waals surface area contributed by atoms with Gasteiger partial charge in [-0.25, -0.2) is 0 Å². The van der Waals surface area contributed by atoms with E-state index in [-0.39, 0.29) is 4.90 Å². The van der Waals surface area contributed by atoms with Gasteiger partial charge < -0.3 is 5.11 Å². The van der Waals surface area contributed by atoms with E-state index in [1.807, 2.05) is 13.0 Å². The highest BCUT2D eigenvalue weighted by Crippen LogP contribution is 2.13. The minimum atomic E-state index is -4.02. The monoisotopic (exact) mass is 270 g/mol. The molecule has 0 fully saturated rings. The number of hydrogen-bond acceptors (Lipinski definition) is 3. The minimum absolute atomic E-state index is 0.0666. The molecule has 2 N–H and O–H groups in total. The van der Waals surface area contributed by atoms with Crippen LogP contribution < -0.4 is 0 Å². The highest BCUT2D eigenvalue weighted by atomic mass is 32.2. The number of hydrogen-bond donors (Lipinski definition) is 2. The van der Waals surface area contributed by atoms with Crippen LogP contribution in [-0.2, 0) is 10.1 Å². The first kappa shape index (κ1) is 14.7. The molecule has 5 heteroatoms. The van der Waals surface area contributed by atoms with Gasteiger partial charge in [0.25, 0.3) is 10.1 Å².